The summed E-state index contributed by atoms with van der Waals surface area (Å²) in [4.78, 5) is 25.3. The van der Waals surface area contributed by atoms with Crippen molar-refractivity contribution in [3.63, 3.8) is 0 Å². The van der Waals surface area contributed by atoms with Gasteiger partial charge in [0.2, 0.25) is 11.8 Å². The summed E-state index contributed by atoms with van der Waals surface area (Å²) in [5.74, 6) is -0.379. The highest BCUT2D eigenvalue weighted by Gasteiger charge is 2.42. The number of benzene rings is 2. The summed E-state index contributed by atoms with van der Waals surface area (Å²) >= 11 is 0. The zero-order valence-corrected chi connectivity index (χ0v) is 15.8. The van der Waals surface area contributed by atoms with Crippen LogP contribution >= 0.6 is 0 Å². The largest absolute Gasteiger partial charge is 0.347 e. The van der Waals surface area contributed by atoms with E-state index in [9.17, 15) is 9.59 Å². The molecule has 5 nitrogen and oxygen atoms in total. The lowest BCUT2D eigenvalue weighted by molar-refractivity contribution is -0.133. The predicted molar refractivity (Wildman–Crippen MR) is 106 cm³/mol. The fraction of sp³-hybridized carbons (Fsp3) is 0.364. The van der Waals surface area contributed by atoms with Crippen molar-refractivity contribution in [1.82, 2.24) is 10.6 Å². The van der Waals surface area contributed by atoms with Gasteiger partial charge in [0.1, 0.15) is 5.54 Å². The van der Waals surface area contributed by atoms with Crippen molar-refractivity contribution in [2.24, 2.45) is 5.73 Å². The number of amides is 2. The first-order valence-electron chi connectivity index (χ1n) is 9.37. The third-order valence-electron chi connectivity index (χ3n) is 5.27. The number of hydrogen-bond donors (Lipinski definition) is 3. The van der Waals surface area contributed by atoms with Gasteiger partial charge in [0.05, 0.1) is 12.1 Å². The molecule has 1 aliphatic heterocycles. The van der Waals surface area contributed by atoms with Crippen LogP contribution in [0, 0.1) is 0 Å². The van der Waals surface area contributed by atoms with E-state index in [0.717, 1.165) is 17.5 Å². The summed E-state index contributed by atoms with van der Waals surface area (Å²) in [5.41, 5.74) is 6.93. The molecule has 0 saturated carbocycles. The van der Waals surface area contributed by atoms with Gasteiger partial charge in [-0.3, -0.25) is 9.59 Å². The van der Waals surface area contributed by atoms with Crippen molar-refractivity contribution in [3.8, 4) is 0 Å². The van der Waals surface area contributed by atoms with Gasteiger partial charge in [-0.2, -0.15) is 0 Å². The van der Waals surface area contributed by atoms with Crippen LogP contribution in [-0.2, 0) is 9.59 Å². The second kappa shape index (κ2) is 7.92. The standard InChI is InChI=1S/C22H27N3O2/c1-15(23)20(26)25-22(2)14-18(16-9-5-3-6-10-16)13-19(24-21(22)27)17-11-7-4-8-12-17/h3-12,15,18-19H,13-14,23H2,1-2H3,(H,24,27)(H,25,26)/t15-,18-,19-,22-/m0/s1. The number of carbonyl (C=O) groups is 2. The van der Waals surface area contributed by atoms with E-state index in [4.69, 9.17) is 5.73 Å². The minimum absolute atomic E-state index is 0.113. The lowest BCUT2D eigenvalue weighted by atomic mass is 9.82. The van der Waals surface area contributed by atoms with Crippen LogP contribution in [0.3, 0.4) is 0 Å². The molecule has 2 aromatic carbocycles. The summed E-state index contributed by atoms with van der Waals surface area (Å²) < 4.78 is 0. The van der Waals surface area contributed by atoms with Gasteiger partial charge in [-0.1, -0.05) is 60.7 Å². The van der Waals surface area contributed by atoms with Crippen LogP contribution in [0.1, 0.15) is 49.8 Å². The minimum Gasteiger partial charge on any atom is -0.347 e. The molecule has 0 bridgehead atoms. The fourth-order valence-electron chi connectivity index (χ4n) is 3.71. The maximum Gasteiger partial charge on any atom is 0.245 e. The monoisotopic (exact) mass is 365 g/mol. The molecule has 0 radical (unpaired) electrons. The van der Waals surface area contributed by atoms with E-state index in [2.05, 4.69) is 22.8 Å². The number of nitrogens with two attached hydrogens (primary N) is 1. The Morgan fingerprint density at radius 3 is 2.22 bits per heavy atom. The van der Waals surface area contributed by atoms with Gasteiger partial charge in [0.25, 0.3) is 0 Å². The molecule has 4 N–H and O–H groups in total. The number of hydrogen-bond acceptors (Lipinski definition) is 3. The lowest BCUT2D eigenvalue weighted by Crippen LogP contribution is -2.59. The summed E-state index contributed by atoms with van der Waals surface area (Å²) in [6.45, 7) is 3.40. The normalized spacial score (nSPS) is 26.6. The Labute approximate surface area is 160 Å². The molecule has 0 aliphatic carbocycles. The van der Waals surface area contributed by atoms with Crippen LogP contribution < -0.4 is 16.4 Å². The smallest absolute Gasteiger partial charge is 0.245 e. The molecule has 0 unspecified atom stereocenters. The molecule has 142 valence electrons. The summed E-state index contributed by atoms with van der Waals surface area (Å²) in [5, 5.41) is 6.02. The van der Waals surface area contributed by atoms with Crippen LogP contribution in [0.15, 0.2) is 60.7 Å². The zero-order chi connectivity index (χ0) is 19.4. The molecule has 1 saturated heterocycles. The number of nitrogens with one attached hydrogen (secondary N) is 2. The van der Waals surface area contributed by atoms with E-state index in [-0.39, 0.29) is 23.8 Å². The molecule has 27 heavy (non-hydrogen) atoms. The Morgan fingerprint density at radius 2 is 1.67 bits per heavy atom. The first-order chi connectivity index (χ1) is 12.9. The maximum absolute atomic E-state index is 13.1. The molecule has 1 heterocycles. The Morgan fingerprint density at radius 1 is 1.11 bits per heavy atom. The topological polar surface area (TPSA) is 84.2 Å². The SMILES string of the molecule is C[C@H](N)C(=O)N[C@@]1(C)C[C@@H](c2ccccc2)C[C@@H](c2ccccc2)NC1=O. The van der Waals surface area contributed by atoms with Crippen molar-refractivity contribution >= 4 is 11.8 Å². The van der Waals surface area contributed by atoms with Gasteiger partial charge >= 0.3 is 0 Å². The Hall–Kier alpha value is -2.66. The molecule has 3 rings (SSSR count). The summed E-state index contributed by atoms with van der Waals surface area (Å²) in [6, 6.07) is 19.3. The third-order valence-corrected chi connectivity index (χ3v) is 5.27. The first-order valence-corrected chi connectivity index (χ1v) is 9.37. The van der Waals surface area contributed by atoms with E-state index in [0.29, 0.717) is 6.42 Å². The van der Waals surface area contributed by atoms with Gasteiger partial charge in [-0.05, 0) is 43.7 Å². The van der Waals surface area contributed by atoms with E-state index in [1.165, 1.54) is 0 Å². The number of rotatable bonds is 4. The van der Waals surface area contributed by atoms with Crippen LogP contribution in [0.25, 0.3) is 0 Å². The average molecular weight is 365 g/mol. The zero-order valence-electron chi connectivity index (χ0n) is 15.8. The summed E-state index contributed by atoms with van der Waals surface area (Å²) in [6.07, 6.45) is 1.29. The highest BCUT2D eigenvalue weighted by atomic mass is 16.2. The highest BCUT2D eigenvalue weighted by molar-refractivity contribution is 5.93. The van der Waals surface area contributed by atoms with Gasteiger partial charge in [0.15, 0.2) is 0 Å². The van der Waals surface area contributed by atoms with Crippen LogP contribution in [0.5, 0.6) is 0 Å². The van der Waals surface area contributed by atoms with Crippen LogP contribution in [0.4, 0.5) is 0 Å². The van der Waals surface area contributed by atoms with E-state index >= 15 is 0 Å². The fourth-order valence-corrected chi connectivity index (χ4v) is 3.71. The molecule has 2 amide bonds. The van der Waals surface area contributed by atoms with Crippen LogP contribution in [-0.4, -0.2) is 23.4 Å². The highest BCUT2D eigenvalue weighted by Crippen LogP contribution is 2.37. The molecule has 0 aromatic heterocycles. The van der Waals surface area contributed by atoms with Crippen molar-refractivity contribution in [2.75, 3.05) is 0 Å². The van der Waals surface area contributed by atoms with Gasteiger partial charge in [-0.25, -0.2) is 0 Å². The average Bonchev–Trinajstić information content (AvgIpc) is 2.80. The van der Waals surface area contributed by atoms with Crippen molar-refractivity contribution < 1.29 is 9.59 Å². The van der Waals surface area contributed by atoms with E-state index < -0.39 is 11.6 Å². The van der Waals surface area contributed by atoms with Crippen LogP contribution in [0.2, 0.25) is 0 Å². The first kappa shape index (κ1) is 19.1. The Balaban J connectivity index is 1.96. The second-order valence-electron chi connectivity index (χ2n) is 7.59. The predicted octanol–water partition coefficient (Wildman–Crippen LogP) is 2.64. The van der Waals surface area contributed by atoms with E-state index in [1.807, 2.05) is 48.5 Å². The summed E-state index contributed by atoms with van der Waals surface area (Å²) in [7, 11) is 0. The van der Waals surface area contributed by atoms with Crippen molar-refractivity contribution in [2.45, 2.75) is 50.2 Å². The Bertz CT molecular complexity index is 792. The molecular weight excluding hydrogens is 338 g/mol. The van der Waals surface area contributed by atoms with Crippen molar-refractivity contribution in [3.05, 3.63) is 71.8 Å². The third kappa shape index (κ3) is 4.37. The number of carbonyl (C=O) groups excluding carboxylic acids is 2. The van der Waals surface area contributed by atoms with Crippen molar-refractivity contribution in [1.29, 1.82) is 0 Å². The minimum atomic E-state index is -1.02. The molecule has 5 heteroatoms. The van der Waals surface area contributed by atoms with E-state index in [1.54, 1.807) is 13.8 Å². The van der Waals surface area contributed by atoms with Gasteiger partial charge in [0, 0.05) is 0 Å². The Kier molecular flexibility index (Phi) is 5.61. The van der Waals surface area contributed by atoms with Gasteiger partial charge in [-0.15, -0.1) is 0 Å². The molecule has 0 spiro atoms. The molecular formula is C22H27N3O2. The molecule has 2 aromatic rings. The second-order valence-corrected chi connectivity index (χ2v) is 7.59. The molecule has 1 fully saturated rings. The maximum atomic E-state index is 13.1. The molecule has 1 aliphatic rings. The lowest BCUT2D eigenvalue weighted by Gasteiger charge is -2.31. The van der Waals surface area contributed by atoms with Gasteiger partial charge < -0.3 is 16.4 Å². The quantitative estimate of drug-likeness (QED) is 0.779. The molecule has 4 atom stereocenters.